The molecule has 0 spiro atoms. The van der Waals surface area contributed by atoms with Crippen molar-refractivity contribution in [1.82, 2.24) is 19.6 Å². The quantitative estimate of drug-likeness (QED) is 0.552. The number of alkyl halides is 3. The SMILES string of the molecule is C[C@H](Nc1c(-c2ccc(F)cc2F)c(Cl)nc2ncnn12)C(F)(F)F. The van der Waals surface area contributed by atoms with Crippen LogP contribution in [0.15, 0.2) is 24.5 Å². The van der Waals surface area contributed by atoms with Crippen molar-refractivity contribution in [3.63, 3.8) is 0 Å². The molecule has 3 aromatic rings. The summed E-state index contributed by atoms with van der Waals surface area (Å²) < 4.78 is 67.1. The molecule has 0 unspecified atom stereocenters. The van der Waals surface area contributed by atoms with Crippen molar-refractivity contribution in [3.8, 4) is 11.1 Å². The van der Waals surface area contributed by atoms with Crippen molar-refractivity contribution in [2.24, 2.45) is 0 Å². The highest BCUT2D eigenvalue weighted by atomic mass is 35.5. The Balaban J connectivity index is 2.26. The Morgan fingerprint density at radius 1 is 1.24 bits per heavy atom. The van der Waals surface area contributed by atoms with Crippen molar-refractivity contribution in [2.75, 3.05) is 5.32 Å². The van der Waals surface area contributed by atoms with Crippen LogP contribution in [0.3, 0.4) is 0 Å². The summed E-state index contributed by atoms with van der Waals surface area (Å²) >= 11 is 6.04. The largest absolute Gasteiger partial charge is 0.408 e. The molecule has 0 bridgehead atoms. The summed E-state index contributed by atoms with van der Waals surface area (Å²) in [5.41, 5.74) is -0.415. The molecule has 1 N–H and O–H groups in total. The molecule has 0 aliphatic rings. The molecule has 3 rings (SSSR count). The van der Waals surface area contributed by atoms with Crippen LogP contribution in [0.4, 0.5) is 27.8 Å². The van der Waals surface area contributed by atoms with Gasteiger partial charge in [-0.25, -0.2) is 8.78 Å². The topological polar surface area (TPSA) is 55.1 Å². The molecule has 0 aliphatic heterocycles. The van der Waals surface area contributed by atoms with Crippen LogP contribution in [0, 0.1) is 11.6 Å². The summed E-state index contributed by atoms with van der Waals surface area (Å²) in [6, 6.07) is 0.603. The number of hydrogen-bond acceptors (Lipinski definition) is 4. The molecule has 25 heavy (non-hydrogen) atoms. The molecule has 2 heterocycles. The Bertz CT molecular complexity index is 939. The molecule has 132 valence electrons. The zero-order chi connectivity index (χ0) is 18.4. The van der Waals surface area contributed by atoms with Gasteiger partial charge >= 0.3 is 6.18 Å². The zero-order valence-electron chi connectivity index (χ0n) is 12.4. The number of halogens is 6. The number of anilines is 1. The van der Waals surface area contributed by atoms with Gasteiger partial charge in [0.2, 0.25) is 0 Å². The van der Waals surface area contributed by atoms with Crippen molar-refractivity contribution in [2.45, 2.75) is 19.1 Å². The van der Waals surface area contributed by atoms with Crippen molar-refractivity contribution < 1.29 is 22.0 Å². The van der Waals surface area contributed by atoms with Gasteiger partial charge in [0, 0.05) is 11.6 Å². The normalized spacial score (nSPS) is 13.2. The maximum Gasteiger partial charge on any atom is 0.408 e. The Morgan fingerprint density at radius 2 is 1.96 bits per heavy atom. The number of benzene rings is 1. The maximum absolute atomic E-state index is 14.2. The van der Waals surface area contributed by atoms with E-state index in [1.165, 1.54) is 0 Å². The van der Waals surface area contributed by atoms with E-state index in [1.54, 1.807) is 0 Å². The van der Waals surface area contributed by atoms with Crippen LogP contribution in [-0.4, -0.2) is 31.8 Å². The predicted octanol–water partition coefficient (Wildman–Crippen LogP) is 4.09. The third-order valence-corrected chi connectivity index (χ3v) is 3.70. The lowest BCUT2D eigenvalue weighted by Gasteiger charge is -2.21. The maximum atomic E-state index is 14.2. The fourth-order valence-electron chi connectivity index (χ4n) is 2.17. The predicted molar refractivity (Wildman–Crippen MR) is 80.3 cm³/mol. The lowest BCUT2D eigenvalue weighted by molar-refractivity contribution is -0.138. The van der Waals surface area contributed by atoms with Gasteiger partial charge in [0.15, 0.2) is 0 Å². The third kappa shape index (κ3) is 3.21. The first-order valence-corrected chi connectivity index (χ1v) is 7.24. The average molecular weight is 378 g/mol. The average Bonchev–Trinajstić information content (AvgIpc) is 2.95. The van der Waals surface area contributed by atoms with Crippen molar-refractivity contribution in [3.05, 3.63) is 41.3 Å². The van der Waals surface area contributed by atoms with Gasteiger partial charge in [-0.05, 0) is 19.1 Å². The summed E-state index contributed by atoms with van der Waals surface area (Å²) in [4.78, 5) is 7.64. The van der Waals surface area contributed by atoms with Gasteiger partial charge in [-0.1, -0.05) is 11.6 Å². The molecule has 0 radical (unpaired) electrons. The van der Waals surface area contributed by atoms with E-state index in [2.05, 4.69) is 20.4 Å². The highest BCUT2D eigenvalue weighted by Gasteiger charge is 2.37. The van der Waals surface area contributed by atoms with Crippen LogP contribution in [-0.2, 0) is 0 Å². The van der Waals surface area contributed by atoms with Crippen LogP contribution in [0.25, 0.3) is 16.9 Å². The van der Waals surface area contributed by atoms with E-state index in [0.717, 1.165) is 29.9 Å². The van der Waals surface area contributed by atoms with Gasteiger partial charge in [0.1, 0.15) is 35.0 Å². The van der Waals surface area contributed by atoms with Gasteiger partial charge in [-0.2, -0.15) is 32.8 Å². The minimum Gasteiger partial charge on any atom is -0.358 e. The van der Waals surface area contributed by atoms with E-state index >= 15 is 0 Å². The minimum absolute atomic E-state index is 0.0758. The second-order valence-electron chi connectivity index (χ2n) is 5.13. The molecule has 2 aromatic heterocycles. The van der Waals surface area contributed by atoms with Crippen LogP contribution < -0.4 is 5.32 Å². The third-order valence-electron chi connectivity index (χ3n) is 3.43. The number of hydrogen-bond donors (Lipinski definition) is 1. The van der Waals surface area contributed by atoms with Crippen molar-refractivity contribution in [1.29, 1.82) is 0 Å². The monoisotopic (exact) mass is 377 g/mol. The molecule has 0 fully saturated rings. The first kappa shape index (κ1) is 17.3. The lowest BCUT2D eigenvalue weighted by Crippen LogP contribution is -2.34. The summed E-state index contributed by atoms with van der Waals surface area (Å²) in [6.07, 6.45) is -3.52. The Morgan fingerprint density at radius 3 is 2.60 bits per heavy atom. The second kappa shape index (κ2) is 6.10. The Kier molecular flexibility index (Phi) is 4.23. The molecular formula is C14H9ClF5N5. The van der Waals surface area contributed by atoms with E-state index in [4.69, 9.17) is 11.6 Å². The molecule has 0 amide bonds. The van der Waals surface area contributed by atoms with Gasteiger partial charge in [-0.15, -0.1) is 0 Å². The Hall–Kier alpha value is -2.49. The first-order valence-electron chi connectivity index (χ1n) is 6.86. The number of aromatic nitrogens is 4. The summed E-state index contributed by atoms with van der Waals surface area (Å²) in [5, 5.41) is 5.69. The van der Waals surface area contributed by atoms with Crippen LogP contribution in [0.1, 0.15) is 6.92 Å². The zero-order valence-corrected chi connectivity index (χ0v) is 13.2. The van der Waals surface area contributed by atoms with Gasteiger partial charge in [-0.3, -0.25) is 0 Å². The van der Waals surface area contributed by atoms with E-state index in [0.29, 0.717) is 6.07 Å². The van der Waals surface area contributed by atoms with Gasteiger partial charge < -0.3 is 5.32 Å². The molecule has 11 heteroatoms. The number of rotatable bonds is 3. The van der Waals surface area contributed by atoms with Crippen LogP contribution in [0.5, 0.6) is 0 Å². The molecule has 5 nitrogen and oxygen atoms in total. The summed E-state index contributed by atoms with van der Waals surface area (Å²) in [6.45, 7) is 0.877. The highest BCUT2D eigenvalue weighted by Crippen LogP contribution is 2.37. The fraction of sp³-hybridized carbons (Fsp3) is 0.214. The van der Waals surface area contributed by atoms with Crippen LogP contribution >= 0.6 is 11.6 Å². The second-order valence-corrected chi connectivity index (χ2v) is 5.49. The number of nitrogens with zero attached hydrogens (tertiary/aromatic N) is 4. The molecule has 1 atom stereocenters. The minimum atomic E-state index is -4.58. The fourth-order valence-corrected chi connectivity index (χ4v) is 2.43. The van der Waals surface area contributed by atoms with E-state index in [-0.39, 0.29) is 27.9 Å². The van der Waals surface area contributed by atoms with E-state index in [1.807, 2.05) is 0 Å². The Labute approximate surface area is 142 Å². The summed E-state index contributed by atoms with van der Waals surface area (Å²) in [5.74, 6) is -2.19. The molecule has 0 aliphatic carbocycles. The van der Waals surface area contributed by atoms with Crippen molar-refractivity contribution >= 4 is 23.2 Å². The summed E-state index contributed by atoms with van der Waals surface area (Å²) in [7, 11) is 0. The standard InChI is InChI=1S/C14H9ClF5N5/c1-6(14(18,19)20)23-12-10(8-3-2-7(16)4-9(8)17)11(15)24-13-21-5-22-25(12)13/h2-6,23H,1H3/t6-/m0/s1. The number of nitrogens with one attached hydrogen (secondary N) is 1. The van der Waals surface area contributed by atoms with E-state index < -0.39 is 23.9 Å². The molecular weight excluding hydrogens is 369 g/mol. The van der Waals surface area contributed by atoms with E-state index in [9.17, 15) is 22.0 Å². The highest BCUT2D eigenvalue weighted by molar-refractivity contribution is 6.33. The smallest absolute Gasteiger partial charge is 0.358 e. The number of fused-ring (bicyclic) bond motifs is 1. The van der Waals surface area contributed by atoms with Gasteiger partial charge in [0.05, 0.1) is 5.56 Å². The first-order chi connectivity index (χ1) is 11.7. The lowest BCUT2D eigenvalue weighted by atomic mass is 10.1. The molecule has 1 aromatic carbocycles. The van der Waals surface area contributed by atoms with Gasteiger partial charge in [0.25, 0.3) is 5.78 Å². The van der Waals surface area contributed by atoms with Crippen LogP contribution in [0.2, 0.25) is 5.15 Å². The molecule has 0 saturated heterocycles. The molecule has 0 saturated carbocycles.